The number of halogens is 3. The number of likely N-dealkylation sites (tertiary alicyclic amines) is 1. The normalized spacial score (nSPS) is 15.6. The van der Waals surface area contributed by atoms with Crippen LogP contribution in [0.15, 0.2) is 24.5 Å². The molecular weight excluding hydrogens is 492 g/mol. The summed E-state index contributed by atoms with van der Waals surface area (Å²) in [6, 6.07) is 2.29. The standard InChI is InChI=1S/C20H20Cl2FN7O4/c1-10(34-2)17-13(6-24-15-4-14(22)28-30(15)17)27-19(33)26-11-3-12(21)16(25-5-11)18(32)29-7-20(23,8-29)9-31/h3-6,10,31H,7-9H2,1-2H3,(H2,26,27,33)/t10-/m0/s1. The summed E-state index contributed by atoms with van der Waals surface area (Å²) in [6.07, 6.45) is 2.25. The van der Waals surface area contributed by atoms with Gasteiger partial charge in [0.15, 0.2) is 16.5 Å². The Kier molecular flexibility index (Phi) is 6.58. The predicted molar refractivity (Wildman–Crippen MR) is 122 cm³/mol. The number of hydrogen-bond acceptors (Lipinski definition) is 7. The Labute approximate surface area is 202 Å². The van der Waals surface area contributed by atoms with Gasteiger partial charge in [-0.25, -0.2) is 23.7 Å². The molecule has 34 heavy (non-hydrogen) atoms. The number of nitrogens with one attached hydrogen (secondary N) is 2. The Bertz CT molecular complexity index is 1270. The van der Waals surface area contributed by atoms with Crippen molar-refractivity contribution in [3.05, 3.63) is 46.1 Å². The smallest absolute Gasteiger partial charge is 0.323 e. The number of fused-ring (bicyclic) bond motifs is 1. The molecule has 3 N–H and O–H groups in total. The average Bonchev–Trinajstić information content (AvgIpc) is 3.16. The molecule has 1 fully saturated rings. The summed E-state index contributed by atoms with van der Waals surface area (Å²) in [5.74, 6) is -0.571. The zero-order valence-electron chi connectivity index (χ0n) is 18.0. The number of aliphatic hydroxyl groups is 1. The number of aromatic nitrogens is 4. The zero-order chi connectivity index (χ0) is 24.6. The van der Waals surface area contributed by atoms with E-state index in [2.05, 4.69) is 25.7 Å². The molecular formula is C20H20Cl2FN7O4. The number of carbonyl (C=O) groups excluding carboxylic acids is 2. The van der Waals surface area contributed by atoms with E-state index in [1.54, 1.807) is 13.0 Å². The van der Waals surface area contributed by atoms with Gasteiger partial charge in [-0.2, -0.15) is 5.10 Å². The molecule has 0 aromatic carbocycles. The third-order valence-corrected chi connectivity index (χ3v) is 5.77. The second-order valence-electron chi connectivity index (χ2n) is 7.78. The van der Waals surface area contributed by atoms with Crippen molar-refractivity contribution in [2.45, 2.75) is 18.7 Å². The van der Waals surface area contributed by atoms with E-state index in [4.69, 9.17) is 33.0 Å². The highest BCUT2D eigenvalue weighted by atomic mass is 35.5. The van der Waals surface area contributed by atoms with E-state index in [1.165, 1.54) is 35.0 Å². The van der Waals surface area contributed by atoms with Crippen molar-refractivity contribution >= 4 is 52.2 Å². The minimum atomic E-state index is -1.81. The van der Waals surface area contributed by atoms with Crippen LogP contribution in [-0.2, 0) is 4.74 Å². The van der Waals surface area contributed by atoms with Crippen LogP contribution in [0, 0.1) is 0 Å². The van der Waals surface area contributed by atoms with Crippen LogP contribution in [0.5, 0.6) is 0 Å². The Hall–Kier alpha value is -3.06. The first-order valence-electron chi connectivity index (χ1n) is 10.0. The Balaban J connectivity index is 1.48. The van der Waals surface area contributed by atoms with Crippen LogP contribution >= 0.6 is 23.2 Å². The lowest BCUT2D eigenvalue weighted by Crippen LogP contribution is -2.62. The SMILES string of the molecule is CO[C@@H](C)c1c(NC(=O)Nc2cnc(C(=O)N3CC(F)(CO)C3)c(Cl)c2)cnc2cc(Cl)nn12. The van der Waals surface area contributed by atoms with Gasteiger partial charge >= 0.3 is 6.03 Å². The molecule has 0 saturated carbocycles. The summed E-state index contributed by atoms with van der Waals surface area (Å²) in [4.78, 5) is 34.5. The maximum Gasteiger partial charge on any atom is 0.323 e. The van der Waals surface area contributed by atoms with Crippen LogP contribution in [0.2, 0.25) is 10.2 Å². The van der Waals surface area contributed by atoms with Crippen molar-refractivity contribution in [1.29, 1.82) is 0 Å². The fraction of sp³-hybridized carbons (Fsp3) is 0.350. The van der Waals surface area contributed by atoms with Gasteiger partial charge in [0, 0.05) is 13.2 Å². The Morgan fingerprint density at radius 2 is 2.00 bits per heavy atom. The highest BCUT2D eigenvalue weighted by Gasteiger charge is 2.46. The van der Waals surface area contributed by atoms with Gasteiger partial charge in [-0.15, -0.1) is 0 Å². The number of aliphatic hydroxyl groups excluding tert-OH is 1. The summed E-state index contributed by atoms with van der Waals surface area (Å²) in [5, 5.41) is 18.6. The van der Waals surface area contributed by atoms with Gasteiger partial charge in [0.1, 0.15) is 5.69 Å². The molecule has 0 spiro atoms. The van der Waals surface area contributed by atoms with Gasteiger partial charge in [0.2, 0.25) is 0 Å². The number of carbonyl (C=O) groups is 2. The van der Waals surface area contributed by atoms with Crippen LogP contribution in [-0.4, -0.2) is 74.0 Å². The maximum absolute atomic E-state index is 13.9. The molecule has 4 rings (SSSR count). The molecule has 1 atom stereocenters. The largest absolute Gasteiger partial charge is 0.393 e. The van der Waals surface area contributed by atoms with Crippen LogP contribution in [0.25, 0.3) is 5.65 Å². The van der Waals surface area contributed by atoms with Gasteiger partial charge in [-0.1, -0.05) is 23.2 Å². The van der Waals surface area contributed by atoms with Crippen LogP contribution in [0.1, 0.15) is 29.2 Å². The van der Waals surface area contributed by atoms with Gasteiger partial charge < -0.3 is 25.4 Å². The predicted octanol–water partition coefficient (Wildman–Crippen LogP) is 2.94. The third kappa shape index (κ3) is 4.62. The average molecular weight is 512 g/mol. The van der Waals surface area contributed by atoms with Crippen molar-refractivity contribution in [2.24, 2.45) is 0 Å². The molecule has 3 amide bonds. The lowest BCUT2D eigenvalue weighted by Gasteiger charge is -2.43. The number of anilines is 2. The maximum atomic E-state index is 13.9. The molecule has 1 saturated heterocycles. The van der Waals surface area contributed by atoms with E-state index in [1.807, 2.05) is 0 Å². The summed E-state index contributed by atoms with van der Waals surface area (Å²) in [7, 11) is 1.51. The second kappa shape index (κ2) is 9.29. The van der Waals surface area contributed by atoms with Gasteiger partial charge in [0.05, 0.1) is 60.3 Å². The molecule has 0 radical (unpaired) electrons. The highest BCUT2D eigenvalue weighted by molar-refractivity contribution is 6.33. The minimum absolute atomic E-state index is 0.0221. The first-order chi connectivity index (χ1) is 16.1. The van der Waals surface area contributed by atoms with E-state index in [0.29, 0.717) is 17.0 Å². The lowest BCUT2D eigenvalue weighted by molar-refractivity contribution is -0.0517. The van der Waals surface area contributed by atoms with Crippen LogP contribution in [0.4, 0.5) is 20.6 Å². The number of nitrogens with zero attached hydrogens (tertiary/aromatic N) is 5. The van der Waals surface area contributed by atoms with Crippen molar-refractivity contribution in [1.82, 2.24) is 24.5 Å². The number of rotatable bonds is 6. The molecule has 180 valence electrons. The third-order valence-electron chi connectivity index (χ3n) is 5.30. The molecule has 0 aliphatic carbocycles. The summed E-state index contributed by atoms with van der Waals surface area (Å²) in [5.41, 5.74) is -0.337. The Morgan fingerprint density at radius 3 is 2.65 bits per heavy atom. The number of ether oxygens (including phenoxy) is 1. The fourth-order valence-corrected chi connectivity index (χ4v) is 3.92. The van der Waals surface area contributed by atoms with E-state index in [0.717, 1.165) is 0 Å². The topological polar surface area (TPSA) is 134 Å². The number of alkyl halides is 1. The quantitative estimate of drug-likeness (QED) is 0.463. The van der Waals surface area contributed by atoms with Crippen molar-refractivity contribution in [2.75, 3.05) is 37.4 Å². The number of pyridine rings is 1. The van der Waals surface area contributed by atoms with Gasteiger partial charge in [-0.3, -0.25) is 4.79 Å². The molecule has 1 aliphatic rings. The first-order valence-corrected chi connectivity index (χ1v) is 10.8. The van der Waals surface area contributed by atoms with E-state index in [-0.39, 0.29) is 34.6 Å². The van der Waals surface area contributed by atoms with Crippen molar-refractivity contribution in [3.63, 3.8) is 0 Å². The Morgan fingerprint density at radius 1 is 1.26 bits per heavy atom. The summed E-state index contributed by atoms with van der Waals surface area (Å²) >= 11 is 12.2. The summed E-state index contributed by atoms with van der Waals surface area (Å²) < 4.78 is 20.7. The lowest BCUT2D eigenvalue weighted by atomic mass is 9.97. The second-order valence-corrected chi connectivity index (χ2v) is 8.57. The molecule has 1 aliphatic heterocycles. The van der Waals surface area contributed by atoms with Gasteiger partial charge in [0.25, 0.3) is 5.91 Å². The minimum Gasteiger partial charge on any atom is -0.393 e. The van der Waals surface area contributed by atoms with Gasteiger partial charge in [-0.05, 0) is 13.0 Å². The molecule has 14 heteroatoms. The number of methoxy groups -OCH3 is 1. The van der Waals surface area contributed by atoms with Crippen molar-refractivity contribution in [3.8, 4) is 0 Å². The van der Waals surface area contributed by atoms with E-state index >= 15 is 0 Å². The molecule has 3 aromatic heterocycles. The fourth-order valence-electron chi connectivity index (χ4n) is 3.50. The molecule has 11 nitrogen and oxygen atoms in total. The molecule has 0 unspecified atom stereocenters. The molecule has 3 aromatic rings. The number of hydrogen-bond donors (Lipinski definition) is 3. The highest BCUT2D eigenvalue weighted by Crippen LogP contribution is 2.29. The molecule has 4 heterocycles. The monoisotopic (exact) mass is 511 g/mol. The zero-order valence-corrected chi connectivity index (χ0v) is 19.6. The summed E-state index contributed by atoms with van der Waals surface area (Å²) in [6.45, 7) is 0.616. The van der Waals surface area contributed by atoms with E-state index in [9.17, 15) is 14.0 Å². The number of urea groups is 1. The molecule has 0 bridgehead atoms. The van der Waals surface area contributed by atoms with Crippen LogP contribution < -0.4 is 10.6 Å². The van der Waals surface area contributed by atoms with Crippen molar-refractivity contribution < 1.29 is 23.8 Å². The van der Waals surface area contributed by atoms with Crippen LogP contribution in [0.3, 0.4) is 0 Å². The number of amides is 3. The first kappa shape index (κ1) is 24.1. The van der Waals surface area contributed by atoms with E-state index < -0.39 is 30.3 Å².